The Morgan fingerprint density at radius 2 is 1.65 bits per heavy atom. The zero-order valence-corrected chi connectivity index (χ0v) is 16.1. The first-order chi connectivity index (χ1) is 14.9. The SMILES string of the molecule is O=C(O)c1[nH]c2cc(Nc3ccc(F)c(F)c3)ccc2c1COCc1ccccc1F. The molecule has 3 N–H and O–H groups in total. The molecule has 1 aromatic heterocycles. The summed E-state index contributed by atoms with van der Waals surface area (Å²) < 4.78 is 45.9. The molecule has 0 saturated heterocycles. The molecule has 3 aromatic carbocycles. The van der Waals surface area contributed by atoms with Crippen LogP contribution in [0, 0.1) is 17.5 Å². The number of hydrogen-bond acceptors (Lipinski definition) is 3. The lowest BCUT2D eigenvalue weighted by atomic mass is 10.1. The quantitative estimate of drug-likeness (QED) is 0.352. The number of benzene rings is 3. The second kappa shape index (κ2) is 8.53. The summed E-state index contributed by atoms with van der Waals surface area (Å²) in [6.45, 7) is -0.0416. The van der Waals surface area contributed by atoms with Gasteiger partial charge in [0.1, 0.15) is 11.5 Å². The molecule has 5 nitrogen and oxygen atoms in total. The Hall–Kier alpha value is -3.78. The van der Waals surface area contributed by atoms with Crippen LogP contribution >= 0.6 is 0 Å². The van der Waals surface area contributed by atoms with E-state index in [-0.39, 0.29) is 18.9 Å². The molecular formula is C23H17F3N2O3. The Kier molecular flexibility index (Phi) is 5.64. The normalized spacial score (nSPS) is 11.1. The van der Waals surface area contributed by atoms with Crippen LogP contribution in [0.25, 0.3) is 10.9 Å². The van der Waals surface area contributed by atoms with Gasteiger partial charge in [-0.2, -0.15) is 0 Å². The second-order valence-electron chi connectivity index (χ2n) is 6.88. The minimum absolute atomic E-state index is 0.00578. The predicted octanol–water partition coefficient (Wildman–Crippen LogP) is 5.74. The molecule has 0 aliphatic heterocycles. The number of fused-ring (bicyclic) bond motifs is 1. The van der Waals surface area contributed by atoms with Gasteiger partial charge in [-0.1, -0.05) is 24.3 Å². The van der Waals surface area contributed by atoms with Crippen molar-refractivity contribution in [1.29, 1.82) is 0 Å². The third kappa shape index (κ3) is 4.39. The monoisotopic (exact) mass is 426 g/mol. The van der Waals surface area contributed by atoms with E-state index < -0.39 is 23.4 Å². The lowest BCUT2D eigenvalue weighted by molar-refractivity contribution is 0.0678. The predicted molar refractivity (Wildman–Crippen MR) is 110 cm³/mol. The van der Waals surface area contributed by atoms with Gasteiger partial charge >= 0.3 is 5.97 Å². The van der Waals surface area contributed by atoms with E-state index >= 15 is 0 Å². The van der Waals surface area contributed by atoms with Crippen LogP contribution in [-0.4, -0.2) is 16.1 Å². The highest BCUT2D eigenvalue weighted by Crippen LogP contribution is 2.28. The molecule has 0 radical (unpaired) electrons. The van der Waals surface area contributed by atoms with Gasteiger partial charge in [-0.3, -0.25) is 0 Å². The molecule has 31 heavy (non-hydrogen) atoms. The fourth-order valence-corrected chi connectivity index (χ4v) is 3.28. The van der Waals surface area contributed by atoms with Crippen LogP contribution in [-0.2, 0) is 18.0 Å². The Morgan fingerprint density at radius 1 is 0.903 bits per heavy atom. The highest BCUT2D eigenvalue weighted by atomic mass is 19.2. The second-order valence-corrected chi connectivity index (χ2v) is 6.88. The standard InChI is InChI=1S/C23H17F3N2O3/c24-18-4-2-1-3-13(18)11-31-12-17-16-7-5-15(10-21(16)28-22(17)23(29)30)27-14-6-8-19(25)20(26)9-14/h1-10,27-28H,11-12H2,(H,29,30). The fourth-order valence-electron chi connectivity index (χ4n) is 3.28. The summed E-state index contributed by atoms with van der Waals surface area (Å²) in [5, 5.41) is 13.1. The van der Waals surface area contributed by atoms with E-state index in [9.17, 15) is 23.1 Å². The van der Waals surface area contributed by atoms with Gasteiger partial charge in [0.25, 0.3) is 0 Å². The lowest BCUT2D eigenvalue weighted by Gasteiger charge is -2.08. The number of carboxylic acid groups (broad SMARTS) is 1. The number of halogens is 3. The average molecular weight is 426 g/mol. The van der Waals surface area contributed by atoms with Gasteiger partial charge < -0.3 is 20.1 Å². The molecule has 0 fully saturated rings. The molecular weight excluding hydrogens is 409 g/mol. The Bertz CT molecular complexity index is 1270. The molecule has 1 heterocycles. The average Bonchev–Trinajstić information content (AvgIpc) is 3.10. The number of aromatic carboxylic acids is 1. The van der Waals surface area contributed by atoms with Gasteiger partial charge in [-0.15, -0.1) is 0 Å². The number of H-pyrrole nitrogens is 1. The van der Waals surface area contributed by atoms with Crippen molar-refractivity contribution >= 4 is 28.2 Å². The molecule has 158 valence electrons. The number of hydrogen-bond donors (Lipinski definition) is 3. The molecule has 4 aromatic rings. The van der Waals surface area contributed by atoms with Crippen molar-refractivity contribution in [3.8, 4) is 0 Å². The van der Waals surface area contributed by atoms with E-state index in [1.54, 1.807) is 36.4 Å². The summed E-state index contributed by atoms with van der Waals surface area (Å²) >= 11 is 0. The Balaban J connectivity index is 1.58. The Morgan fingerprint density at radius 3 is 2.39 bits per heavy atom. The first-order valence-corrected chi connectivity index (χ1v) is 9.33. The van der Waals surface area contributed by atoms with Crippen LogP contribution in [0.15, 0.2) is 60.7 Å². The summed E-state index contributed by atoms with van der Waals surface area (Å²) in [4.78, 5) is 14.5. The zero-order valence-electron chi connectivity index (χ0n) is 16.1. The molecule has 0 bridgehead atoms. The zero-order chi connectivity index (χ0) is 22.0. The van der Waals surface area contributed by atoms with Crippen LogP contribution in [0.1, 0.15) is 21.6 Å². The van der Waals surface area contributed by atoms with Crippen LogP contribution in [0.3, 0.4) is 0 Å². The van der Waals surface area contributed by atoms with Crippen molar-refractivity contribution in [2.45, 2.75) is 13.2 Å². The minimum atomic E-state index is -1.16. The summed E-state index contributed by atoms with van der Waals surface area (Å²) in [5.41, 5.74) is 2.19. The van der Waals surface area contributed by atoms with Crippen molar-refractivity contribution in [3.05, 3.63) is 94.9 Å². The molecule has 0 amide bonds. The van der Waals surface area contributed by atoms with Crippen molar-refractivity contribution in [2.24, 2.45) is 0 Å². The van der Waals surface area contributed by atoms with Gasteiger partial charge in [0.2, 0.25) is 0 Å². The highest BCUT2D eigenvalue weighted by Gasteiger charge is 2.18. The molecule has 0 spiro atoms. The maximum absolute atomic E-state index is 13.8. The van der Waals surface area contributed by atoms with Crippen molar-refractivity contribution in [2.75, 3.05) is 5.32 Å². The van der Waals surface area contributed by atoms with Gasteiger partial charge in [-0.05, 0) is 30.3 Å². The summed E-state index contributed by atoms with van der Waals surface area (Å²) in [5.74, 6) is -3.48. The van der Waals surface area contributed by atoms with E-state index in [0.717, 1.165) is 12.1 Å². The van der Waals surface area contributed by atoms with E-state index in [4.69, 9.17) is 4.74 Å². The van der Waals surface area contributed by atoms with E-state index in [0.29, 0.717) is 33.4 Å². The largest absolute Gasteiger partial charge is 0.477 e. The van der Waals surface area contributed by atoms with E-state index in [1.807, 2.05) is 0 Å². The molecule has 4 rings (SSSR count). The molecule has 0 atom stereocenters. The van der Waals surface area contributed by atoms with Crippen LogP contribution in [0.4, 0.5) is 24.5 Å². The van der Waals surface area contributed by atoms with Crippen molar-refractivity contribution in [3.63, 3.8) is 0 Å². The van der Waals surface area contributed by atoms with Crippen LogP contribution in [0.2, 0.25) is 0 Å². The summed E-state index contributed by atoms with van der Waals surface area (Å²) in [7, 11) is 0. The number of anilines is 2. The Labute approximate surface area is 175 Å². The molecule has 0 aliphatic rings. The highest BCUT2D eigenvalue weighted by molar-refractivity contribution is 5.98. The lowest BCUT2D eigenvalue weighted by Crippen LogP contribution is -2.03. The van der Waals surface area contributed by atoms with Crippen molar-refractivity contribution in [1.82, 2.24) is 4.98 Å². The smallest absolute Gasteiger partial charge is 0.352 e. The van der Waals surface area contributed by atoms with E-state index in [2.05, 4.69) is 10.3 Å². The van der Waals surface area contributed by atoms with Gasteiger partial charge in [0.05, 0.1) is 13.2 Å². The number of aromatic nitrogens is 1. The first kappa shape index (κ1) is 20.5. The summed E-state index contributed by atoms with van der Waals surface area (Å²) in [6, 6.07) is 14.7. The maximum atomic E-state index is 13.8. The first-order valence-electron chi connectivity index (χ1n) is 9.33. The minimum Gasteiger partial charge on any atom is -0.477 e. The van der Waals surface area contributed by atoms with Crippen LogP contribution < -0.4 is 5.32 Å². The molecule has 0 aliphatic carbocycles. The van der Waals surface area contributed by atoms with Crippen LogP contribution in [0.5, 0.6) is 0 Å². The molecule has 0 unspecified atom stereocenters. The van der Waals surface area contributed by atoms with Gasteiger partial charge in [0, 0.05) is 39.5 Å². The number of nitrogens with one attached hydrogen (secondary N) is 2. The van der Waals surface area contributed by atoms with Gasteiger partial charge in [0.15, 0.2) is 11.6 Å². The topological polar surface area (TPSA) is 74.3 Å². The fraction of sp³-hybridized carbons (Fsp3) is 0.0870. The number of ether oxygens (including phenoxy) is 1. The molecule has 8 heteroatoms. The van der Waals surface area contributed by atoms with Gasteiger partial charge in [-0.25, -0.2) is 18.0 Å². The summed E-state index contributed by atoms with van der Waals surface area (Å²) in [6.07, 6.45) is 0. The molecule has 0 saturated carbocycles. The maximum Gasteiger partial charge on any atom is 0.352 e. The number of carbonyl (C=O) groups is 1. The number of aromatic amines is 1. The number of carboxylic acids is 1. The van der Waals surface area contributed by atoms with Crippen molar-refractivity contribution < 1.29 is 27.8 Å². The third-order valence-corrected chi connectivity index (χ3v) is 4.79. The third-order valence-electron chi connectivity index (χ3n) is 4.79. The number of rotatable bonds is 7. The van der Waals surface area contributed by atoms with E-state index in [1.165, 1.54) is 12.1 Å².